The van der Waals surface area contributed by atoms with Crippen LogP contribution in [0.3, 0.4) is 0 Å². The van der Waals surface area contributed by atoms with Crippen LogP contribution in [0.2, 0.25) is 10.0 Å². The number of hydrogen-bond acceptors (Lipinski definition) is 1. The molecule has 102 valence electrons. The summed E-state index contributed by atoms with van der Waals surface area (Å²) in [6.07, 6.45) is 0.977. The van der Waals surface area contributed by atoms with E-state index in [9.17, 15) is 0 Å². The van der Waals surface area contributed by atoms with Crippen LogP contribution in [0.15, 0.2) is 18.2 Å². The fourth-order valence-electron chi connectivity index (χ4n) is 1.79. The second-order valence-electron chi connectivity index (χ2n) is 5.71. The first kappa shape index (κ1) is 16.1. The topological polar surface area (TPSA) is 12.0 Å². The van der Waals surface area contributed by atoms with Crippen LogP contribution in [0.5, 0.6) is 0 Å². The number of alkyl halides is 1. The molecule has 0 bridgehead atoms. The average molecular weight is 309 g/mol. The van der Waals surface area contributed by atoms with Crippen LogP contribution >= 0.6 is 34.8 Å². The molecule has 0 spiro atoms. The zero-order chi connectivity index (χ0) is 13.8. The number of hydrogen-bond donors (Lipinski definition) is 1. The Hall–Kier alpha value is 0.0500. The van der Waals surface area contributed by atoms with Crippen molar-refractivity contribution in [3.05, 3.63) is 33.8 Å². The van der Waals surface area contributed by atoms with E-state index in [1.54, 1.807) is 6.07 Å². The van der Waals surface area contributed by atoms with Crippen molar-refractivity contribution in [3.8, 4) is 0 Å². The van der Waals surface area contributed by atoms with Crippen molar-refractivity contribution in [2.24, 2.45) is 5.41 Å². The largest absolute Gasteiger partial charge is 0.311 e. The van der Waals surface area contributed by atoms with E-state index in [1.165, 1.54) is 0 Å². The van der Waals surface area contributed by atoms with Crippen molar-refractivity contribution in [3.63, 3.8) is 0 Å². The summed E-state index contributed by atoms with van der Waals surface area (Å²) >= 11 is 18.3. The Morgan fingerprint density at radius 2 is 1.89 bits per heavy atom. The highest BCUT2D eigenvalue weighted by Gasteiger charge is 2.16. The summed E-state index contributed by atoms with van der Waals surface area (Å²) in [6.45, 7) is 8.02. The first-order chi connectivity index (χ1) is 8.29. The van der Waals surface area contributed by atoms with Crippen molar-refractivity contribution in [1.29, 1.82) is 0 Å². The monoisotopic (exact) mass is 307 g/mol. The Morgan fingerprint density at radius 1 is 1.22 bits per heavy atom. The molecule has 1 aromatic rings. The number of nitrogens with one attached hydrogen (secondary N) is 1. The Morgan fingerprint density at radius 3 is 2.50 bits per heavy atom. The van der Waals surface area contributed by atoms with Crippen LogP contribution in [0.1, 0.15) is 32.8 Å². The zero-order valence-electron chi connectivity index (χ0n) is 11.1. The molecule has 0 aliphatic carbocycles. The van der Waals surface area contributed by atoms with Crippen molar-refractivity contribution in [2.45, 2.75) is 39.1 Å². The van der Waals surface area contributed by atoms with Crippen LogP contribution < -0.4 is 5.32 Å². The summed E-state index contributed by atoms with van der Waals surface area (Å²) in [7, 11) is 0. The van der Waals surface area contributed by atoms with Crippen LogP contribution in [0.4, 0.5) is 0 Å². The third kappa shape index (κ3) is 5.79. The first-order valence-electron chi connectivity index (χ1n) is 6.07. The molecule has 0 saturated carbocycles. The van der Waals surface area contributed by atoms with Gasteiger partial charge >= 0.3 is 0 Å². The molecule has 0 aliphatic heterocycles. The molecule has 18 heavy (non-hydrogen) atoms. The van der Waals surface area contributed by atoms with E-state index in [-0.39, 0.29) is 10.8 Å². The van der Waals surface area contributed by atoms with Crippen LogP contribution in [-0.2, 0) is 6.54 Å². The molecule has 0 aliphatic rings. The third-order valence-corrected chi connectivity index (χ3v) is 3.71. The second kappa shape index (κ2) is 7.00. The molecular formula is C14H20Cl3N. The van der Waals surface area contributed by atoms with Crippen molar-refractivity contribution < 1.29 is 0 Å². The quantitative estimate of drug-likeness (QED) is 0.744. The lowest BCUT2D eigenvalue weighted by atomic mass is 9.90. The maximum Gasteiger partial charge on any atom is 0.0637 e. The van der Waals surface area contributed by atoms with E-state index in [2.05, 4.69) is 26.1 Å². The summed E-state index contributed by atoms with van der Waals surface area (Å²) in [4.78, 5) is 0. The third-order valence-electron chi connectivity index (χ3n) is 2.55. The number of halogens is 3. The normalized spacial score (nSPS) is 13.7. The molecule has 1 atom stereocenters. The van der Waals surface area contributed by atoms with Crippen molar-refractivity contribution in [1.82, 2.24) is 5.32 Å². The Balaban J connectivity index is 2.40. The Labute approximate surface area is 125 Å². The zero-order valence-corrected chi connectivity index (χ0v) is 13.3. The highest BCUT2D eigenvalue weighted by Crippen LogP contribution is 2.26. The lowest BCUT2D eigenvalue weighted by Crippen LogP contribution is -2.26. The maximum atomic E-state index is 6.28. The lowest BCUT2D eigenvalue weighted by molar-refractivity contribution is 0.364. The maximum absolute atomic E-state index is 6.28. The highest BCUT2D eigenvalue weighted by molar-refractivity contribution is 6.42. The van der Waals surface area contributed by atoms with Gasteiger partial charge in [0.05, 0.1) is 10.0 Å². The average Bonchev–Trinajstić information content (AvgIpc) is 2.21. The van der Waals surface area contributed by atoms with Gasteiger partial charge in [-0.25, -0.2) is 0 Å². The van der Waals surface area contributed by atoms with E-state index in [4.69, 9.17) is 34.8 Å². The van der Waals surface area contributed by atoms with E-state index < -0.39 is 0 Å². The van der Waals surface area contributed by atoms with Crippen LogP contribution in [0, 0.1) is 5.41 Å². The molecule has 0 radical (unpaired) electrons. The summed E-state index contributed by atoms with van der Waals surface area (Å²) in [5.74, 6) is 0. The predicted molar refractivity (Wildman–Crippen MR) is 81.9 cm³/mol. The fourth-order valence-corrected chi connectivity index (χ4v) is 2.74. The summed E-state index contributed by atoms with van der Waals surface area (Å²) in [6, 6.07) is 5.66. The molecular weight excluding hydrogens is 289 g/mol. The molecule has 1 aromatic carbocycles. The molecule has 0 amide bonds. The molecule has 0 saturated heterocycles. The van der Waals surface area contributed by atoms with E-state index in [0.29, 0.717) is 16.6 Å². The van der Waals surface area contributed by atoms with Gasteiger partial charge in [0, 0.05) is 18.5 Å². The first-order valence-corrected chi connectivity index (χ1v) is 7.26. The number of rotatable bonds is 5. The summed E-state index contributed by atoms with van der Waals surface area (Å²) in [5, 5.41) is 4.65. The van der Waals surface area contributed by atoms with Gasteiger partial charge < -0.3 is 5.32 Å². The minimum atomic E-state index is 0.128. The molecule has 1 nitrogen and oxygen atoms in total. The SMILES string of the molecule is CC(C)(C)CC(Cl)CNCc1cccc(Cl)c1Cl. The van der Waals surface area contributed by atoms with Gasteiger partial charge in [-0.05, 0) is 23.5 Å². The lowest BCUT2D eigenvalue weighted by Gasteiger charge is -2.22. The standard InChI is InChI=1S/C14H20Cl3N/c1-14(2,3)7-11(15)9-18-8-10-5-4-6-12(16)13(10)17/h4-6,11,18H,7-9H2,1-3H3. The van der Waals surface area contributed by atoms with Crippen LogP contribution in [0.25, 0.3) is 0 Å². The van der Waals surface area contributed by atoms with Gasteiger partial charge in [0.25, 0.3) is 0 Å². The molecule has 0 fully saturated rings. The second-order valence-corrected chi connectivity index (χ2v) is 7.11. The van der Waals surface area contributed by atoms with Crippen molar-refractivity contribution >= 4 is 34.8 Å². The van der Waals surface area contributed by atoms with Gasteiger partial charge in [-0.2, -0.15) is 0 Å². The van der Waals surface area contributed by atoms with Gasteiger partial charge in [0.15, 0.2) is 0 Å². The van der Waals surface area contributed by atoms with Gasteiger partial charge in [-0.3, -0.25) is 0 Å². The Bertz CT molecular complexity index is 385. The highest BCUT2D eigenvalue weighted by atomic mass is 35.5. The summed E-state index contributed by atoms with van der Waals surface area (Å²) in [5.41, 5.74) is 1.26. The van der Waals surface area contributed by atoms with Crippen molar-refractivity contribution in [2.75, 3.05) is 6.54 Å². The van der Waals surface area contributed by atoms with Gasteiger partial charge in [-0.1, -0.05) is 56.1 Å². The van der Waals surface area contributed by atoms with Gasteiger partial charge in [0.1, 0.15) is 0 Å². The fraction of sp³-hybridized carbons (Fsp3) is 0.571. The minimum absolute atomic E-state index is 0.128. The summed E-state index contributed by atoms with van der Waals surface area (Å²) < 4.78 is 0. The van der Waals surface area contributed by atoms with E-state index in [1.807, 2.05) is 12.1 Å². The minimum Gasteiger partial charge on any atom is -0.311 e. The van der Waals surface area contributed by atoms with E-state index in [0.717, 1.165) is 18.5 Å². The molecule has 4 heteroatoms. The predicted octanol–water partition coefficient (Wildman–Crippen LogP) is 5.13. The molecule has 1 N–H and O–H groups in total. The molecule has 0 aromatic heterocycles. The van der Waals surface area contributed by atoms with Crippen LogP contribution in [-0.4, -0.2) is 11.9 Å². The number of benzene rings is 1. The van der Waals surface area contributed by atoms with E-state index >= 15 is 0 Å². The molecule has 1 unspecified atom stereocenters. The van der Waals surface area contributed by atoms with Gasteiger partial charge in [0.2, 0.25) is 0 Å². The van der Waals surface area contributed by atoms with Gasteiger partial charge in [-0.15, -0.1) is 11.6 Å². The molecule has 0 heterocycles. The molecule has 1 rings (SSSR count). The Kier molecular flexibility index (Phi) is 6.26. The smallest absolute Gasteiger partial charge is 0.0637 e.